The van der Waals surface area contributed by atoms with E-state index in [2.05, 4.69) is 9.97 Å². The fraction of sp³-hybridized carbons (Fsp3) is 0.500. The predicted molar refractivity (Wildman–Crippen MR) is 77.4 cm³/mol. The number of nitrogens with one attached hydrogen (secondary N) is 1. The highest BCUT2D eigenvalue weighted by atomic mass is 16.1. The van der Waals surface area contributed by atoms with E-state index >= 15 is 0 Å². The van der Waals surface area contributed by atoms with E-state index in [-0.39, 0.29) is 5.56 Å². The Hall–Kier alpha value is -1.64. The van der Waals surface area contributed by atoms with Crippen molar-refractivity contribution in [3.63, 3.8) is 0 Å². The first-order valence-electron chi connectivity index (χ1n) is 7.33. The Kier molecular flexibility index (Phi) is 3.62. The van der Waals surface area contributed by atoms with E-state index < -0.39 is 0 Å². The summed E-state index contributed by atoms with van der Waals surface area (Å²) in [7, 11) is 0. The molecule has 19 heavy (non-hydrogen) atoms. The van der Waals surface area contributed by atoms with Crippen molar-refractivity contribution in [1.29, 1.82) is 0 Å². The lowest BCUT2D eigenvalue weighted by atomic mass is 9.90. The summed E-state index contributed by atoms with van der Waals surface area (Å²) in [6.45, 7) is 0. The molecular weight excluding hydrogens is 236 g/mol. The van der Waals surface area contributed by atoms with Crippen LogP contribution in [0.3, 0.4) is 0 Å². The Labute approximate surface area is 113 Å². The molecule has 2 aromatic rings. The van der Waals surface area contributed by atoms with Gasteiger partial charge in [0.1, 0.15) is 5.82 Å². The Bertz CT molecular complexity index is 609. The normalized spacial score (nSPS) is 18.1. The van der Waals surface area contributed by atoms with Gasteiger partial charge in [0.2, 0.25) is 0 Å². The Morgan fingerprint density at radius 1 is 1.00 bits per heavy atom. The fourth-order valence-electron chi connectivity index (χ4n) is 3.03. The molecule has 1 aliphatic carbocycles. The Morgan fingerprint density at radius 2 is 1.68 bits per heavy atom. The van der Waals surface area contributed by atoms with Crippen LogP contribution in [0.1, 0.15) is 56.7 Å². The third kappa shape index (κ3) is 2.70. The van der Waals surface area contributed by atoms with Crippen molar-refractivity contribution in [1.82, 2.24) is 9.97 Å². The molecule has 3 rings (SSSR count). The van der Waals surface area contributed by atoms with Gasteiger partial charge >= 0.3 is 0 Å². The highest BCUT2D eigenvalue weighted by Gasteiger charge is 2.16. The molecule has 1 aliphatic rings. The topological polar surface area (TPSA) is 45.8 Å². The first kappa shape index (κ1) is 12.4. The third-order valence-corrected chi connectivity index (χ3v) is 4.12. The minimum Gasteiger partial charge on any atom is -0.310 e. The van der Waals surface area contributed by atoms with Crippen LogP contribution in [0.15, 0.2) is 29.1 Å². The van der Waals surface area contributed by atoms with Crippen LogP contribution in [0.5, 0.6) is 0 Å². The van der Waals surface area contributed by atoms with Crippen LogP contribution in [-0.2, 0) is 0 Å². The molecule has 1 heterocycles. The van der Waals surface area contributed by atoms with Crippen LogP contribution < -0.4 is 5.56 Å². The number of hydrogen-bond acceptors (Lipinski definition) is 2. The summed E-state index contributed by atoms with van der Waals surface area (Å²) in [5, 5.41) is 0.692. The minimum atomic E-state index is 0.00246. The smallest absolute Gasteiger partial charge is 0.258 e. The molecule has 0 unspecified atom stereocenters. The highest BCUT2D eigenvalue weighted by Crippen LogP contribution is 2.28. The molecule has 0 amide bonds. The monoisotopic (exact) mass is 256 g/mol. The van der Waals surface area contributed by atoms with Gasteiger partial charge in [0.15, 0.2) is 0 Å². The SMILES string of the molecule is O=c1[nH]c(C2CCCCCCC2)nc2ccccc12. The van der Waals surface area contributed by atoms with Crippen LogP contribution in [0.25, 0.3) is 10.9 Å². The van der Waals surface area contributed by atoms with Gasteiger partial charge in [0.25, 0.3) is 5.56 Å². The molecule has 0 saturated heterocycles. The number of aromatic amines is 1. The van der Waals surface area contributed by atoms with Crippen LogP contribution in [0, 0.1) is 0 Å². The maximum Gasteiger partial charge on any atom is 0.258 e. The lowest BCUT2D eigenvalue weighted by Crippen LogP contribution is -2.15. The van der Waals surface area contributed by atoms with E-state index in [1.165, 1.54) is 32.1 Å². The molecule has 0 spiro atoms. The Morgan fingerprint density at radius 3 is 2.47 bits per heavy atom. The fourth-order valence-corrected chi connectivity index (χ4v) is 3.03. The molecule has 3 heteroatoms. The highest BCUT2D eigenvalue weighted by molar-refractivity contribution is 5.77. The van der Waals surface area contributed by atoms with Crippen molar-refractivity contribution in [3.05, 3.63) is 40.4 Å². The maximum atomic E-state index is 12.1. The molecule has 100 valence electrons. The second-order valence-corrected chi connectivity index (χ2v) is 5.51. The first-order valence-corrected chi connectivity index (χ1v) is 7.33. The average molecular weight is 256 g/mol. The van der Waals surface area contributed by atoms with Crippen LogP contribution in [0.2, 0.25) is 0 Å². The molecule has 1 aromatic carbocycles. The van der Waals surface area contributed by atoms with E-state index in [4.69, 9.17) is 0 Å². The summed E-state index contributed by atoms with van der Waals surface area (Å²) in [6, 6.07) is 7.59. The van der Waals surface area contributed by atoms with Crippen molar-refractivity contribution in [2.75, 3.05) is 0 Å². The van der Waals surface area contributed by atoms with E-state index in [9.17, 15) is 4.79 Å². The number of rotatable bonds is 1. The number of nitrogens with zero attached hydrogens (tertiary/aromatic N) is 1. The molecule has 0 radical (unpaired) electrons. The summed E-state index contributed by atoms with van der Waals surface area (Å²) in [4.78, 5) is 19.8. The van der Waals surface area contributed by atoms with Crippen LogP contribution in [0.4, 0.5) is 0 Å². The number of benzene rings is 1. The second kappa shape index (κ2) is 5.55. The van der Waals surface area contributed by atoms with Gasteiger partial charge in [0, 0.05) is 5.92 Å². The minimum absolute atomic E-state index is 0.00246. The molecule has 1 fully saturated rings. The summed E-state index contributed by atoms with van der Waals surface area (Å²) in [5.41, 5.74) is 0.825. The largest absolute Gasteiger partial charge is 0.310 e. The summed E-state index contributed by atoms with van der Waals surface area (Å²) < 4.78 is 0. The lowest BCUT2D eigenvalue weighted by Gasteiger charge is -2.18. The maximum absolute atomic E-state index is 12.1. The lowest BCUT2D eigenvalue weighted by molar-refractivity contribution is 0.442. The van der Waals surface area contributed by atoms with Crippen molar-refractivity contribution >= 4 is 10.9 Å². The summed E-state index contributed by atoms with van der Waals surface area (Å²) in [6.07, 6.45) is 8.79. The van der Waals surface area contributed by atoms with E-state index in [0.717, 1.165) is 24.2 Å². The van der Waals surface area contributed by atoms with Gasteiger partial charge in [-0.05, 0) is 25.0 Å². The second-order valence-electron chi connectivity index (χ2n) is 5.51. The van der Waals surface area contributed by atoms with Crippen LogP contribution in [-0.4, -0.2) is 9.97 Å². The molecule has 0 bridgehead atoms. The van der Waals surface area contributed by atoms with Crippen molar-refractivity contribution in [3.8, 4) is 0 Å². The molecule has 1 saturated carbocycles. The van der Waals surface area contributed by atoms with Gasteiger partial charge in [-0.2, -0.15) is 0 Å². The number of fused-ring (bicyclic) bond motifs is 1. The van der Waals surface area contributed by atoms with Gasteiger partial charge in [0.05, 0.1) is 10.9 Å². The molecule has 3 nitrogen and oxygen atoms in total. The van der Waals surface area contributed by atoms with E-state index in [1.807, 2.05) is 24.3 Å². The number of hydrogen-bond donors (Lipinski definition) is 1. The third-order valence-electron chi connectivity index (χ3n) is 4.12. The van der Waals surface area contributed by atoms with Crippen molar-refractivity contribution < 1.29 is 0 Å². The zero-order chi connectivity index (χ0) is 13.1. The van der Waals surface area contributed by atoms with Crippen LogP contribution >= 0.6 is 0 Å². The molecule has 0 atom stereocenters. The summed E-state index contributed by atoms with van der Waals surface area (Å²) in [5.74, 6) is 1.32. The molecule has 1 aromatic heterocycles. The zero-order valence-corrected chi connectivity index (χ0v) is 11.2. The standard InChI is InChI=1S/C16H20N2O/c19-16-13-10-6-7-11-14(13)17-15(18-16)12-8-4-2-1-3-5-9-12/h6-7,10-12H,1-5,8-9H2,(H,17,18,19). The Balaban J connectivity index is 1.97. The van der Waals surface area contributed by atoms with Gasteiger partial charge in [-0.25, -0.2) is 4.98 Å². The quantitative estimate of drug-likeness (QED) is 0.844. The van der Waals surface area contributed by atoms with Gasteiger partial charge in [-0.3, -0.25) is 4.79 Å². The van der Waals surface area contributed by atoms with E-state index in [1.54, 1.807) is 0 Å². The number of aromatic nitrogens is 2. The molecule has 0 aliphatic heterocycles. The average Bonchev–Trinajstić information content (AvgIpc) is 2.38. The van der Waals surface area contributed by atoms with Gasteiger partial charge < -0.3 is 4.98 Å². The first-order chi connectivity index (χ1) is 9.34. The summed E-state index contributed by atoms with van der Waals surface area (Å²) >= 11 is 0. The van der Waals surface area contributed by atoms with Crippen molar-refractivity contribution in [2.24, 2.45) is 0 Å². The molecule has 1 N–H and O–H groups in total. The predicted octanol–water partition coefficient (Wildman–Crippen LogP) is 3.75. The number of H-pyrrole nitrogens is 1. The van der Waals surface area contributed by atoms with E-state index in [0.29, 0.717) is 11.3 Å². The zero-order valence-electron chi connectivity index (χ0n) is 11.2. The van der Waals surface area contributed by atoms with Gasteiger partial charge in [-0.15, -0.1) is 0 Å². The molecular formula is C16H20N2O. The van der Waals surface area contributed by atoms with Gasteiger partial charge in [-0.1, -0.05) is 44.2 Å². The van der Waals surface area contributed by atoms with Crippen molar-refractivity contribution in [2.45, 2.75) is 50.9 Å². The number of para-hydroxylation sites is 1.